The molecular formula is C13H13NO4. The van der Waals surface area contributed by atoms with Crippen molar-refractivity contribution in [2.24, 2.45) is 0 Å². The molecule has 18 heavy (non-hydrogen) atoms. The molecule has 0 saturated heterocycles. The average molecular weight is 247 g/mol. The second-order valence-electron chi connectivity index (χ2n) is 3.69. The minimum absolute atomic E-state index is 0.381. The molecule has 0 amide bonds. The van der Waals surface area contributed by atoms with E-state index in [-0.39, 0.29) is 5.97 Å². The highest BCUT2D eigenvalue weighted by Crippen LogP contribution is 2.22. The number of carbonyl (C=O) groups excluding carboxylic acids is 1. The summed E-state index contributed by atoms with van der Waals surface area (Å²) in [5, 5.41) is 3.86. The fourth-order valence-electron chi connectivity index (χ4n) is 1.58. The number of hydrogen-bond acceptors (Lipinski definition) is 5. The number of methoxy groups -OCH3 is 2. The van der Waals surface area contributed by atoms with E-state index in [1.165, 1.54) is 7.11 Å². The van der Waals surface area contributed by atoms with E-state index in [1.807, 2.05) is 6.07 Å². The Bertz CT molecular complexity index is 547. The maximum absolute atomic E-state index is 11.4. The van der Waals surface area contributed by atoms with Crippen LogP contribution in [0.25, 0.3) is 11.3 Å². The van der Waals surface area contributed by atoms with Gasteiger partial charge in [0.15, 0.2) is 5.76 Å². The van der Waals surface area contributed by atoms with Gasteiger partial charge in [0.05, 0.1) is 19.3 Å². The molecule has 0 spiro atoms. The molecule has 0 N–H and O–H groups in total. The van der Waals surface area contributed by atoms with Crippen molar-refractivity contribution in [2.75, 3.05) is 14.2 Å². The van der Waals surface area contributed by atoms with Crippen LogP contribution in [0.1, 0.15) is 16.1 Å². The normalized spacial score (nSPS) is 10.3. The largest absolute Gasteiger partial charge is 0.465 e. The number of aromatic nitrogens is 1. The number of ether oxygens (including phenoxy) is 2. The Balaban J connectivity index is 2.29. The van der Waals surface area contributed by atoms with Crippen molar-refractivity contribution < 1.29 is 18.8 Å². The zero-order chi connectivity index (χ0) is 13.0. The molecule has 2 rings (SSSR count). The first-order valence-corrected chi connectivity index (χ1v) is 5.38. The maximum Gasteiger partial charge on any atom is 0.337 e. The van der Waals surface area contributed by atoms with Crippen LogP contribution in [-0.4, -0.2) is 25.3 Å². The highest BCUT2D eigenvalue weighted by molar-refractivity contribution is 5.90. The van der Waals surface area contributed by atoms with Crippen molar-refractivity contribution in [2.45, 2.75) is 6.61 Å². The highest BCUT2D eigenvalue weighted by atomic mass is 16.5. The molecule has 0 bridgehead atoms. The Morgan fingerprint density at radius 2 is 2.17 bits per heavy atom. The van der Waals surface area contributed by atoms with E-state index in [9.17, 15) is 4.79 Å². The summed E-state index contributed by atoms with van der Waals surface area (Å²) >= 11 is 0. The van der Waals surface area contributed by atoms with Crippen LogP contribution in [0.3, 0.4) is 0 Å². The Morgan fingerprint density at radius 3 is 2.89 bits per heavy atom. The van der Waals surface area contributed by atoms with Crippen molar-refractivity contribution in [1.82, 2.24) is 5.16 Å². The molecule has 0 radical (unpaired) electrons. The SMILES string of the molecule is COCc1cc(-c2cccc(C(=O)OC)c2)on1. The van der Waals surface area contributed by atoms with Gasteiger partial charge in [0, 0.05) is 18.7 Å². The van der Waals surface area contributed by atoms with E-state index >= 15 is 0 Å². The van der Waals surface area contributed by atoms with Crippen LogP contribution in [0.5, 0.6) is 0 Å². The lowest BCUT2D eigenvalue weighted by Crippen LogP contribution is -2.00. The molecule has 5 nitrogen and oxygen atoms in total. The summed E-state index contributed by atoms with van der Waals surface area (Å²) < 4.78 is 14.8. The van der Waals surface area contributed by atoms with Gasteiger partial charge in [-0.1, -0.05) is 17.3 Å². The predicted molar refractivity (Wildman–Crippen MR) is 64.0 cm³/mol. The summed E-state index contributed by atoms with van der Waals surface area (Å²) in [6, 6.07) is 8.76. The number of benzene rings is 1. The van der Waals surface area contributed by atoms with Crippen LogP contribution < -0.4 is 0 Å². The maximum atomic E-state index is 11.4. The van der Waals surface area contributed by atoms with Gasteiger partial charge in [-0.3, -0.25) is 0 Å². The van der Waals surface area contributed by atoms with Gasteiger partial charge >= 0.3 is 5.97 Å². The standard InChI is InChI=1S/C13H13NO4/c1-16-8-11-7-12(18-14-11)9-4-3-5-10(6-9)13(15)17-2/h3-7H,8H2,1-2H3. The molecule has 1 aromatic heterocycles. The summed E-state index contributed by atoms with van der Waals surface area (Å²) in [7, 11) is 2.94. The summed E-state index contributed by atoms with van der Waals surface area (Å²) in [5.41, 5.74) is 1.95. The molecule has 0 atom stereocenters. The zero-order valence-electron chi connectivity index (χ0n) is 10.2. The molecular weight excluding hydrogens is 234 g/mol. The highest BCUT2D eigenvalue weighted by Gasteiger charge is 2.10. The second-order valence-corrected chi connectivity index (χ2v) is 3.69. The number of carbonyl (C=O) groups is 1. The minimum Gasteiger partial charge on any atom is -0.465 e. The molecule has 94 valence electrons. The third kappa shape index (κ3) is 2.57. The number of hydrogen-bond donors (Lipinski definition) is 0. The first-order chi connectivity index (χ1) is 8.74. The summed E-state index contributed by atoms with van der Waals surface area (Å²) in [5.74, 6) is 0.210. The molecule has 0 saturated carbocycles. The topological polar surface area (TPSA) is 61.6 Å². The molecule has 0 aliphatic rings. The Morgan fingerprint density at radius 1 is 1.33 bits per heavy atom. The fourth-order valence-corrected chi connectivity index (χ4v) is 1.58. The smallest absolute Gasteiger partial charge is 0.337 e. The monoisotopic (exact) mass is 247 g/mol. The Kier molecular flexibility index (Phi) is 3.74. The summed E-state index contributed by atoms with van der Waals surface area (Å²) in [4.78, 5) is 11.4. The number of esters is 1. The van der Waals surface area contributed by atoms with Gasteiger partial charge < -0.3 is 14.0 Å². The minimum atomic E-state index is -0.381. The van der Waals surface area contributed by atoms with Gasteiger partial charge in [-0.15, -0.1) is 0 Å². The average Bonchev–Trinajstić information content (AvgIpc) is 2.87. The first-order valence-electron chi connectivity index (χ1n) is 5.38. The fraction of sp³-hybridized carbons (Fsp3) is 0.231. The van der Waals surface area contributed by atoms with Crippen LogP contribution in [0.2, 0.25) is 0 Å². The van der Waals surface area contributed by atoms with Gasteiger partial charge in [-0.25, -0.2) is 4.79 Å². The van der Waals surface area contributed by atoms with E-state index in [0.717, 1.165) is 5.56 Å². The van der Waals surface area contributed by atoms with E-state index in [2.05, 4.69) is 9.89 Å². The molecule has 2 aromatic rings. The van der Waals surface area contributed by atoms with E-state index in [1.54, 1.807) is 31.4 Å². The molecule has 5 heteroatoms. The quantitative estimate of drug-likeness (QED) is 0.775. The van der Waals surface area contributed by atoms with Gasteiger partial charge in [0.2, 0.25) is 0 Å². The van der Waals surface area contributed by atoms with Crippen molar-refractivity contribution in [3.05, 3.63) is 41.6 Å². The predicted octanol–water partition coefficient (Wildman–Crippen LogP) is 2.27. The molecule has 0 aliphatic heterocycles. The van der Waals surface area contributed by atoms with Gasteiger partial charge in [0.25, 0.3) is 0 Å². The van der Waals surface area contributed by atoms with E-state index in [0.29, 0.717) is 23.6 Å². The Labute approximate surface area is 104 Å². The lowest BCUT2D eigenvalue weighted by Gasteiger charge is -2.00. The molecule has 0 fully saturated rings. The van der Waals surface area contributed by atoms with E-state index < -0.39 is 0 Å². The van der Waals surface area contributed by atoms with Crippen molar-refractivity contribution >= 4 is 5.97 Å². The summed E-state index contributed by atoms with van der Waals surface area (Å²) in [6.07, 6.45) is 0. The van der Waals surface area contributed by atoms with Crippen LogP contribution in [0.15, 0.2) is 34.9 Å². The zero-order valence-corrected chi connectivity index (χ0v) is 10.2. The van der Waals surface area contributed by atoms with Crippen LogP contribution >= 0.6 is 0 Å². The van der Waals surface area contributed by atoms with Crippen LogP contribution in [0.4, 0.5) is 0 Å². The van der Waals surface area contributed by atoms with Gasteiger partial charge in [-0.2, -0.15) is 0 Å². The third-order valence-corrected chi connectivity index (χ3v) is 2.42. The van der Waals surface area contributed by atoms with Crippen LogP contribution in [-0.2, 0) is 16.1 Å². The molecule has 0 unspecified atom stereocenters. The molecule has 1 heterocycles. The lowest BCUT2D eigenvalue weighted by molar-refractivity contribution is 0.0601. The summed E-state index contributed by atoms with van der Waals surface area (Å²) in [6.45, 7) is 0.389. The van der Waals surface area contributed by atoms with Gasteiger partial charge in [-0.05, 0) is 12.1 Å². The van der Waals surface area contributed by atoms with Crippen molar-refractivity contribution in [1.29, 1.82) is 0 Å². The second kappa shape index (κ2) is 5.46. The first kappa shape index (κ1) is 12.3. The number of rotatable bonds is 4. The number of nitrogens with zero attached hydrogens (tertiary/aromatic N) is 1. The molecule has 0 aliphatic carbocycles. The van der Waals surface area contributed by atoms with E-state index in [4.69, 9.17) is 9.26 Å². The van der Waals surface area contributed by atoms with Crippen LogP contribution in [0, 0.1) is 0 Å². The van der Waals surface area contributed by atoms with Gasteiger partial charge in [0.1, 0.15) is 5.69 Å². The van der Waals surface area contributed by atoms with Crippen molar-refractivity contribution in [3.8, 4) is 11.3 Å². The lowest BCUT2D eigenvalue weighted by atomic mass is 10.1. The third-order valence-electron chi connectivity index (χ3n) is 2.42. The molecule has 1 aromatic carbocycles. The Hall–Kier alpha value is -2.14. The van der Waals surface area contributed by atoms with Crippen molar-refractivity contribution in [3.63, 3.8) is 0 Å².